The Kier molecular flexibility index (Phi) is 5.23. The number of hydrogen-bond acceptors (Lipinski definition) is 2. The van der Waals surface area contributed by atoms with Crippen molar-refractivity contribution in [2.24, 2.45) is 15.8 Å². The summed E-state index contributed by atoms with van der Waals surface area (Å²) in [7, 11) is 1.80. The SMILES string of the molecule is C=C\C=C(O)/C=C1\CC(C)=C2/C(=C\C)C(C)(C)C(C)(C)C(=C)N2\C1=N/C. The molecule has 1 saturated heterocycles. The summed E-state index contributed by atoms with van der Waals surface area (Å²) >= 11 is 0. The number of aliphatic hydroxyl groups is 1. The minimum absolute atomic E-state index is 0.0448. The molecule has 0 aromatic rings. The molecule has 2 aliphatic heterocycles. The predicted octanol–water partition coefficient (Wildman–Crippen LogP) is 6.07. The second kappa shape index (κ2) is 6.79. The van der Waals surface area contributed by atoms with Gasteiger partial charge >= 0.3 is 0 Å². The highest BCUT2D eigenvalue weighted by atomic mass is 16.3. The first-order valence-corrected chi connectivity index (χ1v) is 9.10. The second-order valence-electron chi connectivity index (χ2n) is 8.08. The van der Waals surface area contributed by atoms with Crippen LogP contribution in [0.4, 0.5) is 0 Å². The van der Waals surface area contributed by atoms with Crippen LogP contribution in [0.3, 0.4) is 0 Å². The molecule has 0 atom stereocenters. The molecule has 0 spiro atoms. The van der Waals surface area contributed by atoms with Gasteiger partial charge in [-0.15, -0.1) is 0 Å². The molecule has 0 aromatic carbocycles. The lowest BCUT2D eigenvalue weighted by Gasteiger charge is -2.56. The molecule has 0 saturated carbocycles. The molecule has 0 aromatic heterocycles. The summed E-state index contributed by atoms with van der Waals surface area (Å²) < 4.78 is 0. The van der Waals surface area contributed by atoms with Crippen molar-refractivity contribution in [3.8, 4) is 0 Å². The molecular weight excluding hydrogens is 320 g/mol. The van der Waals surface area contributed by atoms with Crippen LogP contribution in [-0.2, 0) is 0 Å². The van der Waals surface area contributed by atoms with Crippen LogP contribution in [0.15, 0.2) is 76.3 Å². The summed E-state index contributed by atoms with van der Waals surface area (Å²) in [6.07, 6.45) is 7.91. The maximum absolute atomic E-state index is 10.1. The van der Waals surface area contributed by atoms with Gasteiger partial charge in [0.15, 0.2) is 0 Å². The Balaban J connectivity index is 2.78. The summed E-state index contributed by atoms with van der Waals surface area (Å²) in [5.74, 6) is 1.03. The fraction of sp³-hybridized carbons (Fsp3) is 0.435. The molecule has 0 bridgehead atoms. The van der Waals surface area contributed by atoms with Crippen molar-refractivity contribution in [1.29, 1.82) is 0 Å². The van der Waals surface area contributed by atoms with Crippen LogP contribution in [0.1, 0.15) is 48.0 Å². The van der Waals surface area contributed by atoms with E-state index in [0.717, 1.165) is 23.5 Å². The number of fused-ring (bicyclic) bond motifs is 1. The van der Waals surface area contributed by atoms with Crippen LogP contribution in [0.25, 0.3) is 0 Å². The first-order chi connectivity index (χ1) is 12.0. The van der Waals surface area contributed by atoms with E-state index >= 15 is 0 Å². The van der Waals surface area contributed by atoms with Crippen molar-refractivity contribution < 1.29 is 5.11 Å². The molecular formula is C23H32N2O. The van der Waals surface area contributed by atoms with Gasteiger partial charge in [-0.2, -0.15) is 0 Å². The third-order valence-electron chi connectivity index (χ3n) is 6.18. The summed E-state index contributed by atoms with van der Waals surface area (Å²) in [5.41, 5.74) is 5.60. The highest BCUT2D eigenvalue weighted by molar-refractivity contribution is 6.03. The van der Waals surface area contributed by atoms with E-state index < -0.39 is 0 Å². The number of amidine groups is 1. The van der Waals surface area contributed by atoms with E-state index in [1.54, 1.807) is 25.3 Å². The van der Waals surface area contributed by atoms with Gasteiger partial charge in [-0.05, 0) is 43.6 Å². The predicted molar refractivity (Wildman–Crippen MR) is 112 cm³/mol. The van der Waals surface area contributed by atoms with Crippen LogP contribution in [0, 0.1) is 10.8 Å². The molecule has 0 unspecified atom stereocenters. The maximum atomic E-state index is 10.1. The molecule has 0 radical (unpaired) electrons. The average molecular weight is 353 g/mol. The van der Waals surface area contributed by atoms with Gasteiger partial charge in [0.05, 0.1) is 0 Å². The van der Waals surface area contributed by atoms with Crippen LogP contribution in [-0.4, -0.2) is 22.9 Å². The largest absolute Gasteiger partial charge is 0.508 e. The molecule has 1 N–H and O–H groups in total. The lowest BCUT2D eigenvalue weighted by Crippen LogP contribution is -2.52. The van der Waals surface area contributed by atoms with Crippen molar-refractivity contribution in [2.45, 2.75) is 48.0 Å². The lowest BCUT2D eigenvalue weighted by molar-refractivity contribution is 0.145. The molecule has 3 heteroatoms. The Morgan fingerprint density at radius 1 is 1.23 bits per heavy atom. The molecule has 3 nitrogen and oxygen atoms in total. The maximum Gasteiger partial charge on any atom is 0.135 e. The average Bonchev–Trinajstić information content (AvgIpc) is 2.55. The van der Waals surface area contributed by atoms with Crippen LogP contribution >= 0.6 is 0 Å². The number of hydrogen-bond donors (Lipinski definition) is 1. The normalized spacial score (nSPS) is 27.3. The number of aliphatic hydroxyl groups excluding tert-OH is 1. The highest BCUT2D eigenvalue weighted by Crippen LogP contribution is 2.58. The van der Waals surface area contributed by atoms with Crippen molar-refractivity contribution >= 4 is 5.84 Å². The summed E-state index contributed by atoms with van der Waals surface area (Å²) in [6, 6.07) is 0. The van der Waals surface area contributed by atoms with Gasteiger partial charge < -0.3 is 5.11 Å². The Labute approximate surface area is 158 Å². The monoisotopic (exact) mass is 352 g/mol. The molecule has 26 heavy (non-hydrogen) atoms. The highest BCUT2D eigenvalue weighted by Gasteiger charge is 2.52. The Bertz CT molecular complexity index is 798. The fourth-order valence-electron chi connectivity index (χ4n) is 3.98. The number of nitrogens with zero attached hydrogens (tertiary/aromatic N) is 2. The number of piperidine rings is 1. The number of aliphatic imine (C=N–C) groups is 1. The molecule has 0 aliphatic carbocycles. The van der Waals surface area contributed by atoms with Gasteiger partial charge in [0, 0.05) is 34.8 Å². The molecule has 2 aliphatic rings. The summed E-state index contributed by atoms with van der Waals surface area (Å²) in [5, 5.41) is 10.1. The van der Waals surface area contributed by atoms with Gasteiger partial charge in [0.1, 0.15) is 11.6 Å². The number of allylic oxidation sites excluding steroid dienone is 7. The summed E-state index contributed by atoms with van der Waals surface area (Å²) in [4.78, 5) is 6.77. The molecule has 1 fully saturated rings. The van der Waals surface area contributed by atoms with Crippen molar-refractivity contribution in [3.05, 3.63) is 71.3 Å². The third kappa shape index (κ3) is 2.80. The van der Waals surface area contributed by atoms with Crippen molar-refractivity contribution in [3.63, 3.8) is 0 Å². The van der Waals surface area contributed by atoms with E-state index in [4.69, 9.17) is 0 Å². The zero-order valence-electron chi connectivity index (χ0n) is 17.3. The zero-order chi connectivity index (χ0) is 19.9. The number of rotatable bonds is 2. The zero-order valence-corrected chi connectivity index (χ0v) is 17.3. The Morgan fingerprint density at radius 3 is 2.35 bits per heavy atom. The molecule has 2 heterocycles. The smallest absolute Gasteiger partial charge is 0.135 e. The quantitative estimate of drug-likeness (QED) is 0.483. The van der Waals surface area contributed by atoms with E-state index in [1.165, 1.54) is 16.8 Å². The first kappa shape index (κ1) is 20.0. The first-order valence-electron chi connectivity index (χ1n) is 9.10. The topological polar surface area (TPSA) is 35.8 Å². The minimum atomic E-state index is -0.143. The Hall–Kier alpha value is -2.29. The van der Waals surface area contributed by atoms with E-state index in [1.807, 2.05) is 0 Å². The van der Waals surface area contributed by atoms with E-state index in [2.05, 4.69) is 70.7 Å². The molecule has 0 amide bonds. The van der Waals surface area contributed by atoms with Gasteiger partial charge in [-0.1, -0.05) is 53.0 Å². The summed E-state index contributed by atoms with van der Waals surface area (Å²) in [6.45, 7) is 21.4. The van der Waals surface area contributed by atoms with Crippen LogP contribution < -0.4 is 0 Å². The molecule has 140 valence electrons. The Morgan fingerprint density at radius 2 is 1.85 bits per heavy atom. The van der Waals surface area contributed by atoms with Crippen LogP contribution in [0.2, 0.25) is 0 Å². The van der Waals surface area contributed by atoms with Crippen molar-refractivity contribution in [1.82, 2.24) is 4.90 Å². The van der Waals surface area contributed by atoms with Gasteiger partial charge in [-0.3, -0.25) is 9.89 Å². The van der Waals surface area contributed by atoms with Crippen LogP contribution in [0.5, 0.6) is 0 Å². The van der Waals surface area contributed by atoms with E-state index in [9.17, 15) is 5.11 Å². The van der Waals surface area contributed by atoms with Crippen molar-refractivity contribution in [2.75, 3.05) is 7.05 Å². The second-order valence-corrected chi connectivity index (χ2v) is 8.08. The van der Waals surface area contributed by atoms with E-state index in [0.29, 0.717) is 0 Å². The van der Waals surface area contributed by atoms with Gasteiger partial charge in [0.25, 0.3) is 0 Å². The van der Waals surface area contributed by atoms with Gasteiger partial charge in [0.2, 0.25) is 0 Å². The standard InChI is InChI=1S/C23H32N2O/c1-10-12-18(26)14-17-13-15(3)20-19(11-2)23(7,8)22(5,6)16(4)25(20)21(17)24-9/h10-12,14,26H,1,4,13H2,2-3,5-9H3/b17-14+,18-12+,19-11+,24-21-. The fourth-order valence-corrected chi connectivity index (χ4v) is 3.98. The lowest BCUT2D eigenvalue weighted by atomic mass is 9.57. The van der Waals surface area contributed by atoms with Gasteiger partial charge in [-0.25, -0.2) is 0 Å². The van der Waals surface area contributed by atoms with E-state index in [-0.39, 0.29) is 16.6 Å². The third-order valence-corrected chi connectivity index (χ3v) is 6.18. The minimum Gasteiger partial charge on any atom is -0.508 e. The molecule has 2 rings (SSSR count).